The fraction of sp³-hybridized carbons (Fsp3) is 0.625. The zero-order chi connectivity index (χ0) is 13.1. The number of ether oxygens (including phenoxy) is 1. The fourth-order valence-corrected chi connectivity index (χ4v) is 3.63. The normalized spacial score (nSPS) is 29.1. The van der Waals surface area contributed by atoms with Crippen LogP contribution in [0.5, 0.6) is 0 Å². The molecular weight excluding hydrogens is 236 g/mol. The quantitative estimate of drug-likeness (QED) is 0.897. The van der Waals surface area contributed by atoms with Crippen LogP contribution in [0, 0.1) is 0 Å². The topological polar surface area (TPSA) is 38.5 Å². The highest BCUT2D eigenvalue weighted by molar-refractivity contribution is 5.16. The second-order valence-electron chi connectivity index (χ2n) is 5.72. The summed E-state index contributed by atoms with van der Waals surface area (Å²) in [6.45, 7) is 2.64. The predicted molar refractivity (Wildman–Crippen MR) is 77.1 cm³/mol. The van der Waals surface area contributed by atoms with Gasteiger partial charge in [-0.1, -0.05) is 30.3 Å². The summed E-state index contributed by atoms with van der Waals surface area (Å²) in [5.41, 5.74) is 7.44. The Balaban J connectivity index is 1.70. The van der Waals surface area contributed by atoms with Gasteiger partial charge in [0.1, 0.15) is 0 Å². The number of fused-ring (bicyclic) bond motifs is 1. The summed E-state index contributed by atoms with van der Waals surface area (Å²) in [6, 6.07) is 11.8. The molecule has 0 bridgehead atoms. The van der Waals surface area contributed by atoms with Crippen LogP contribution in [-0.4, -0.2) is 42.8 Å². The highest BCUT2D eigenvalue weighted by atomic mass is 16.5. The van der Waals surface area contributed by atoms with Crippen LogP contribution in [0.25, 0.3) is 0 Å². The molecule has 3 atom stereocenters. The van der Waals surface area contributed by atoms with Gasteiger partial charge in [0.2, 0.25) is 0 Å². The molecule has 1 saturated heterocycles. The van der Waals surface area contributed by atoms with Crippen LogP contribution >= 0.6 is 0 Å². The van der Waals surface area contributed by atoms with Crippen molar-refractivity contribution in [2.24, 2.45) is 5.73 Å². The lowest BCUT2D eigenvalue weighted by atomic mass is 10.0. The first kappa shape index (κ1) is 13.1. The van der Waals surface area contributed by atoms with E-state index in [1.165, 1.54) is 24.8 Å². The van der Waals surface area contributed by atoms with E-state index in [0.717, 1.165) is 26.1 Å². The van der Waals surface area contributed by atoms with Crippen molar-refractivity contribution in [3.05, 3.63) is 35.9 Å². The summed E-state index contributed by atoms with van der Waals surface area (Å²) in [5.74, 6) is 0. The van der Waals surface area contributed by atoms with Gasteiger partial charge in [-0.05, 0) is 31.2 Å². The van der Waals surface area contributed by atoms with Gasteiger partial charge in [-0.3, -0.25) is 4.90 Å². The summed E-state index contributed by atoms with van der Waals surface area (Å²) in [5, 5.41) is 0. The first-order valence-corrected chi connectivity index (χ1v) is 7.50. The molecule has 1 aromatic carbocycles. The Morgan fingerprint density at radius 3 is 2.89 bits per heavy atom. The highest BCUT2D eigenvalue weighted by Crippen LogP contribution is 2.31. The highest BCUT2D eigenvalue weighted by Gasteiger charge is 2.38. The van der Waals surface area contributed by atoms with E-state index in [-0.39, 0.29) is 0 Å². The number of morpholine rings is 1. The van der Waals surface area contributed by atoms with Crippen LogP contribution in [-0.2, 0) is 11.2 Å². The van der Waals surface area contributed by atoms with E-state index < -0.39 is 0 Å². The summed E-state index contributed by atoms with van der Waals surface area (Å²) in [4.78, 5) is 2.62. The minimum atomic E-state index is 0.455. The van der Waals surface area contributed by atoms with Crippen LogP contribution in [0.2, 0.25) is 0 Å². The number of hydrogen-bond donors (Lipinski definition) is 1. The van der Waals surface area contributed by atoms with Crippen LogP contribution in [0.4, 0.5) is 0 Å². The number of rotatable bonds is 4. The molecule has 3 heteroatoms. The number of nitrogens with zero attached hydrogens (tertiary/aromatic N) is 1. The standard InChI is InChI=1S/C16H24N2O/c17-12-14(11-13-5-2-1-3-6-13)18-9-10-19-16-8-4-7-15(16)18/h1-3,5-6,14-16H,4,7-12,17H2. The molecular formula is C16H24N2O. The van der Waals surface area contributed by atoms with Gasteiger partial charge in [0.25, 0.3) is 0 Å². The van der Waals surface area contributed by atoms with Gasteiger partial charge < -0.3 is 10.5 Å². The van der Waals surface area contributed by atoms with Gasteiger partial charge in [0, 0.05) is 25.2 Å². The van der Waals surface area contributed by atoms with Crippen LogP contribution in [0.3, 0.4) is 0 Å². The molecule has 2 aliphatic rings. The number of hydrogen-bond acceptors (Lipinski definition) is 3. The molecule has 19 heavy (non-hydrogen) atoms. The third kappa shape index (κ3) is 2.83. The van der Waals surface area contributed by atoms with Gasteiger partial charge in [0.15, 0.2) is 0 Å². The average molecular weight is 260 g/mol. The molecule has 1 aliphatic carbocycles. The van der Waals surface area contributed by atoms with Crippen molar-refractivity contribution in [3.8, 4) is 0 Å². The van der Waals surface area contributed by atoms with Gasteiger partial charge in [-0.25, -0.2) is 0 Å². The van der Waals surface area contributed by atoms with Crippen molar-refractivity contribution >= 4 is 0 Å². The molecule has 0 radical (unpaired) electrons. The maximum atomic E-state index is 6.05. The van der Waals surface area contributed by atoms with Gasteiger partial charge in [-0.15, -0.1) is 0 Å². The second-order valence-corrected chi connectivity index (χ2v) is 5.72. The first-order valence-electron chi connectivity index (χ1n) is 7.50. The van der Waals surface area contributed by atoms with Crippen LogP contribution in [0.15, 0.2) is 30.3 Å². The smallest absolute Gasteiger partial charge is 0.0731 e. The molecule has 1 aromatic rings. The first-order chi connectivity index (χ1) is 9.38. The molecule has 0 amide bonds. The molecule has 3 unspecified atom stereocenters. The molecule has 1 saturated carbocycles. The average Bonchev–Trinajstić information content (AvgIpc) is 2.94. The van der Waals surface area contributed by atoms with E-state index in [0.29, 0.717) is 18.2 Å². The van der Waals surface area contributed by atoms with Crippen molar-refractivity contribution < 1.29 is 4.74 Å². The molecule has 0 aromatic heterocycles. The largest absolute Gasteiger partial charge is 0.375 e. The lowest BCUT2D eigenvalue weighted by Gasteiger charge is -2.42. The summed E-state index contributed by atoms with van der Waals surface area (Å²) in [6.07, 6.45) is 5.31. The Morgan fingerprint density at radius 1 is 1.26 bits per heavy atom. The fourth-order valence-electron chi connectivity index (χ4n) is 3.63. The number of benzene rings is 1. The number of nitrogens with two attached hydrogens (primary N) is 1. The molecule has 0 spiro atoms. The zero-order valence-corrected chi connectivity index (χ0v) is 11.5. The van der Waals surface area contributed by atoms with Crippen molar-refractivity contribution in [1.82, 2.24) is 4.90 Å². The Bertz CT molecular complexity index is 395. The Labute approximate surface area is 115 Å². The van der Waals surface area contributed by atoms with Crippen molar-refractivity contribution in [2.75, 3.05) is 19.7 Å². The minimum absolute atomic E-state index is 0.455. The predicted octanol–water partition coefficient (Wildman–Crippen LogP) is 1.81. The van der Waals surface area contributed by atoms with E-state index in [1.807, 2.05) is 0 Å². The van der Waals surface area contributed by atoms with Crippen LogP contribution < -0.4 is 5.73 Å². The molecule has 1 aliphatic heterocycles. The van der Waals surface area contributed by atoms with Gasteiger partial charge >= 0.3 is 0 Å². The lowest BCUT2D eigenvalue weighted by molar-refractivity contribution is -0.0702. The Hall–Kier alpha value is -0.900. The van der Waals surface area contributed by atoms with Crippen molar-refractivity contribution in [1.29, 1.82) is 0 Å². The van der Waals surface area contributed by atoms with Gasteiger partial charge in [-0.2, -0.15) is 0 Å². The maximum absolute atomic E-state index is 6.05. The molecule has 3 nitrogen and oxygen atoms in total. The minimum Gasteiger partial charge on any atom is -0.375 e. The monoisotopic (exact) mass is 260 g/mol. The van der Waals surface area contributed by atoms with E-state index in [1.54, 1.807) is 0 Å². The molecule has 3 rings (SSSR count). The SMILES string of the molecule is NCC(Cc1ccccc1)N1CCOC2CCCC21. The van der Waals surface area contributed by atoms with Crippen molar-refractivity contribution in [2.45, 2.75) is 43.9 Å². The Kier molecular flexibility index (Phi) is 4.16. The summed E-state index contributed by atoms with van der Waals surface area (Å²) >= 11 is 0. The molecule has 2 N–H and O–H groups in total. The van der Waals surface area contributed by atoms with E-state index in [4.69, 9.17) is 10.5 Å². The van der Waals surface area contributed by atoms with Crippen LogP contribution in [0.1, 0.15) is 24.8 Å². The molecule has 104 valence electrons. The van der Waals surface area contributed by atoms with E-state index >= 15 is 0 Å². The lowest BCUT2D eigenvalue weighted by Crippen LogP contribution is -2.55. The zero-order valence-electron chi connectivity index (χ0n) is 11.5. The summed E-state index contributed by atoms with van der Waals surface area (Å²) < 4.78 is 5.89. The van der Waals surface area contributed by atoms with E-state index in [2.05, 4.69) is 35.2 Å². The molecule has 1 heterocycles. The Morgan fingerprint density at radius 2 is 2.11 bits per heavy atom. The summed E-state index contributed by atoms with van der Waals surface area (Å²) in [7, 11) is 0. The third-order valence-corrected chi connectivity index (χ3v) is 4.58. The molecule has 2 fully saturated rings. The van der Waals surface area contributed by atoms with E-state index in [9.17, 15) is 0 Å². The second kappa shape index (κ2) is 6.04. The van der Waals surface area contributed by atoms with Gasteiger partial charge in [0.05, 0.1) is 12.7 Å². The maximum Gasteiger partial charge on any atom is 0.0731 e. The van der Waals surface area contributed by atoms with Crippen molar-refractivity contribution in [3.63, 3.8) is 0 Å². The third-order valence-electron chi connectivity index (χ3n) is 4.58.